The van der Waals surface area contributed by atoms with E-state index in [1.165, 1.54) is 6.07 Å². The molecule has 172 valence electrons. The standard InChI is InChI=1S/C12H12O3.C8H8O2.C4H7BrO2/c1-3-14-12(13)11-7-9-6-8(2)4-5-10(9)15-11;1-6-2-3-8(10)7(4-6)5-9;1-2-7-4(6)3-5/h4-7H,3H2,1-2H3;2-5,10H,1H3;2-3H2,1H3. The Morgan fingerprint density at radius 1 is 1.00 bits per heavy atom. The van der Waals surface area contributed by atoms with Crippen LogP contribution in [0.3, 0.4) is 0 Å². The van der Waals surface area contributed by atoms with Crippen molar-refractivity contribution in [2.75, 3.05) is 18.5 Å². The summed E-state index contributed by atoms with van der Waals surface area (Å²) in [5, 5.41) is 10.2. The summed E-state index contributed by atoms with van der Waals surface area (Å²) in [4.78, 5) is 31.7. The number of carbonyl (C=O) groups excluding carboxylic acids is 3. The number of ether oxygens (including phenoxy) is 2. The normalized spacial score (nSPS) is 9.66. The van der Waals surface area contributed by atoms with E-state index in [1.807, 2.05) is 32.0 Å². The number of alkyl halides is 1. The van der Waals surface area contributed by atoms with Crippen molar-refractivity contribution < 1.29 is 33.4 Å². The molecule has 0 atom stereocenters. The molecule has 0 spiro atoms. The number of halogens is 1. The molecule has 32 heavy (non-hydrogen) atoms. The number of aryl methyl sites for hydroxylation is 2. The lowest BCUT2D eigenvalue weighted by atomic mass is 10.1. The van der Waals surface area contributed by atoms with E-state index in [2.05, 4.69) is 20.7 Å². The molecular formula is C24H27BrO7. The van der Waals surface area contributed by atoms with Gasteiger partial charge in [-0.15, -0.1) is 0 Å². The van der Waals surface area contributed by atoms with Crippen molar-refractivity contribution in [2.24, 2.45) is 0 Å². The van der Waals surface area contributed by atoms with Gasteiger partial charge in [0.15, 0.2) is 6.29 Å². The average Bonchev–Trinajstić information content (AvgIpc) is 3.20. The van der Waals surface area contributed by atoms with Crippen LogP contribution in [0.15, 0.2) is 46.9 Å². The topological polar surface area (TPSA) is 103 Å². The summed E-state index contributed by atoms with van der Waals surface area (Å²) in [6.45, 7) is 8.23. The number of furan rings is 1. The van der Waals surface area contributed by atoms with Crippen LogP contribution in [0.5, 0.6) is 5.75 Å². The Morgan fingerprint density at radius 2 is 1.62 bits per heavy atom. The molecule has 8 heteroatoms. The first-order valence-corrected chi connectivity index (χ1v) is 11.0. The minimum absolute atomic E-state index is 0.0422. The lowest BCUT2D eigenvalue weighted by molar-refractivity contribution is -0.139. The van der Waals surface area contributed by atoms with Crippen LogP contribution in [0, 0.1) is 13.8 Å². The summed E-state index contributed by atoms with van der Waals surface area (Å²) < 4.78 is 14.7. The third kappa shape index (κ3) is 8.93. The van der Waals surface area contributed by atoms with Crippen LogP contribution in [-0.2, 0) is 14.3 Å². The molecule has 2 aromatic carbocycles. The quantitative estimate of drug-likeness (QED) is 0.281. The van der Waals surface area contributed by atoms with Gasteiger partial charge in [-0.1, -0.05) is 39.2 Å². The van der Waals surface area contributed by atoms with Crippen LogP contribution in [-0.4, -0.2) is 41.9 Å². The largest absolute Gasteiger partial charge is 0.507 e. The van der Waals surface area contributed by atoms with Crippen LogP contribution in [0.25, 0.3) is 11.0 Å². The van der Waals surface area contributed by atoms with Gasteiger partial charge in [-0.25, -0.2) is 4.79 Å². The predicted molar refractivity (Wildman–Crippen MR) is 126 cm³/mol. The monoisotopic (exact) mass is 506 g/mol. The van der Waals surface area contributed by atoms with Gasteiger partial charge in [0, 0.05) is 5.39 Å². The van der Waals surface area contributed by atoms with Crippen molar-refractivity contribution in [2.45, 2.75) is 27.7 Å². The maximum absolute atomic E-state index is 11.4. The Labute approximate surface area is 195 Å². The zero-order valence-electron chi connectivity index (χ0n) is 18.5. The molecule has 3 aromatic rings. The van der Waals surface area contributed by atoms with Gasteiger partial charge in [0.05, 0.1) is 18.8 Å². The number of phenols is 1. The number of aldehydes is 1. The SMILES string of the molecule is CCOC(=O)CBr.CCOC(=O)c1cc2cc(C)ccc2o1.Cc1ccc(O)c(C=O)c1. The smallest absolute Gasteiger partial charge is 0.374 e. The Kier molecular flexibility index (Phi) is 11.8. The van der Waals surface area contributed by atoms with E-state index < -0.39 is 5.97 Å². The molecule has 0 amide bonds. The summed E-state index contributed by atoms with van der Waals surface area (Å²) in [6, 6.07) is 12.4. The maximum atomic E-state index is 11.4. The molecule has 1 heterocycles. The van der Waals surface area contributed by atoms with Crippen molar-refractivity contribution in [3.63, 3.8) is 0 Å². The van der Waals surface area contributed by atoms with Gasteiger partial charge in [0.1, 0.15) is 16.7 Å². The summed E-state index contributed by atoms with van der Waals surface area (Å²) >= 11 is 2.94. The molecule has 0 fully saturated rings. The maximum Gasteiger partial charge on any atom is 0.374 e. The number of benzene rings is 2. The number of esters is 2. The van der Waals surface area contributed by atoms with Gasteiger partial charge in [0.2, 0.25) is 5.76 Å². The van der Waals surface area contributed by atoms with Crippen LogP contribution in [0.2, 0.25) is 0 Å². The predicted octanol–water partition coefficient (Wildman–Crippen LogP) is 5.38. The summed E-state index contributed by atoms with van der Waals surface area (Å²) in [6.07, 6.45) is 0.641. The molecule has 0 unspecified atom stereocenters. The van der Waals surface area contributed by atoms with Gasteiger partial charge in [-0.05, 0) is 58.0 Å². The Bertz CT molecular complexity index is 1040. The molecule has 1 aromatic heterocycles. The van der Waals surface area contributed by atoms with Crippen molar-refractivity contribution in [3.05, 3.63) is 64.9 Å². The van der Waals surface area contributed by atoms with E-state index in [9.17, 15) is 14.4 Å². The summed E-state index contributed by atoms with van der Waals surface area (Å²) in [5.74, 6) is -0.313. The van der Waals surface area contributed by atoms with Gasteiger partial charge >= 0.3 is 11.9 Å². The van der Waals surface area contributed by atoms with Crippen molar-refractivity contribution in [1.82, 2.24) is 0 Å². The Balaban J connectivity index is 0.000000262. The molecule has 1 N–H and O–H groups in total. The van der Waals surface area contributed by atoms with E-state index >= 15 is 0 Å². The molecule has 3 rings (SSSR count). The van der Waals surface area contributed by atoms with Gasteiger partial charge < -0.3 is 19.0 Å². The van der Waals surface area contributed by atoms with E-state index in [-0.39, 0.29) is 17.5 Å². The van der Waals surface area contributed by atoms with E-state index in [0.717, 1.165) is 16.5 Å². The molecule has 0 aliphatic heterocycles. The summed E-state index contributed by atoms with van der Waals surface area (Å²) in [5.41, 5.74) is 3.17. The van der Waals surface area contributed by atoms with Gasteiger partial charge in [0.25, 0.3) is 0 Å². The van der Waals surface area contributed by atoms with Crippen LogP contribution in [0.1, 0.15) is 45.9 Å². The zero-order valence-corrected chi connectivity index (χ0v) is 20.1. The van der Waals surface area contributed by atoms with Crippen molar-refractivity contribution in [3.8, 4) is 5.75 Å². The number of phenolic OH excluding ortho intramolecular Hbond substituents is 1. The second-order valence-corrected chi connectivity index (χ2v) is 7.05. The lowest BCUT2D eigenvalue weighted by Crippen LogP contribution is -2.03. The van der Waals surface area contributed by atoms with E-state index in [1.54, 1.807) is 32.0 Å². The first-order chi connectivity index (χ1) is 15.2. The number of hydrogen-bond donors (Lipinski definition) is 1. The molecule has 0 saturated carbocycles. The van der Waals surface area contributed by atoms with Gasteiger partial charge in [-0.2, -0.15) is 0 Å². The van der Waals surface area contributed by atoms with Crippen molar-refractivity contribution >= 4 is 45.1 Å². The average molecular weight is 507 g/mol. The number of carbonyl (C=O) groups is 3. The highest BCUT2D eigenvalue weighted by Crippen LogP contribution is 2.21. The zero-order chi connectivity index (χ0) is 24.1. The lowest BCUT2D eigenvalue weighted by Gasteiger charge is -1.96. The summed E-state index contributed by atoms with van der Waals surface area (Å²) in [7, 11) is 0. The van der Waals surface area contributed by atoms with Crippen LogP contribution < -0.4 is 0 Å². The van der Waals surface area contributed by atoms with Crippen LogP contribution in [0.4, 0.5) is 0 Å². The number of rotatable bonds is 5. The number of fused-ring (bicyclic) bond motifs is 1. The highest BCUT2D eigenvalue weighted by atomic mass is 79.9. The molecule has 0 aliphatic rings. The number of aromatic hydroxyl groups is 1. The molecule has 7 nitrogen and oxygen atoms in total. The molecule has 0 bridgehead atoms. The molecule has 0 radical (unpaired) electrons. The van der Waals surface area contributed by atoms with E-state index in [0.29, 0.717) is 36.0 Å². The molecule has 0 saturated heterocycles. The van der Waals surface area contributed by atoms with Gasteiger partial charge in [-0.3, -0.25) is 9.59 Å². The molecule has 0 aliphatic carbocycles. The minimum Gasteiger partial charge on any atom is -0.507 e. The Hall–Kier alpha value is -3.13. The first kappa shape index (κ1) is 26.9. The fourth-order valence-corrected chi connectivity index (χ4v) is 2.60. The highest BCUT2D eigenvalue weighted by molar-refractivity contribution is 9.09. The highest BCUT2D eigenvalue weighted by Gasteiger charge is 2.12. The second-order valence-electron chi connectivity index (χ2n) is 6.49. The third-order valence-corrected chi connectivity index (χ3v) is 4.33. The Morgan fingerprint density at radius 3 is 2.16 bits per heavy atom. The first-order valence-electron chi connectivity index (χ1n) is 9.89. The minimum atomic E-state index is -0.411. The van der Waals surface area contributed by atoms with E-state index in [4.69, 9.17) is 14.3 Å². The third-order valence-electron chi connectivity index (χ3n) is 3.87. The second kappa shape index (κ2) is 14.0. The fourth-order valence-electron chi connectivity index (χ4n) is 2.43. The van der Waals surface area contributed by atoms with Crippen LogP contribution >= 0.6 is 15.9 Å². The molecular weight excluding hydrogens is 480 g/mol. The number of hydrogen-bond acceptors (Lipinski definition) is 7. The van der Waals surface area contributed by atoms with Crippen molar-refractivity contribution in [1.29, 1.82) is 0 Å². The fraction of sp³-hybridized carbons (Fsp3) is 0.292.